The Kier molecular flexibility index (Phi) is 4.80. The molecule has 0 spiro atoms. The van der Waals surface area contributed by atoms with Gasteiger partial charge in [-0.05, 0) is 43.9 Å². The van der Waals surface area contributed by atoms with E-state index in [0.717, 1.165) is 19.3 Å². The maximum Gasteiger partial charge on any atom is 0.221 e. The highest BCUT2D eigenvalue weighted by molar-refractivity contribution is 5.76. The van der Waals surface area contributed by atoms with Crippen molar-refractivity contribution in [3.63, 3.8) is 0 Å². The molecule has 1 aliphatic carbocycles. The van der Waals surface area contributed by atoms with E-state index in [2.05, 4.69) is 17.6 Å². The van der Waals surface area contributed by atoms with E-state index in [9.17, 15) is 9.90 Å². The predicted octanol–water partition coefficient (Wildman–Crippen LogP) is 1.58. The molecule has 0 radical (unpaired) electrons. The average Bonchev–Trinajstić information content (AvgIpc) is 3.16. The van der Waals surface area contributed by atoms with E-state index >= 15 is 0 Å². The summed E-state index contributed by atoms with van der Waals surface area (Å²) >= 11 is 0. The molecule has 1 atom stereocenters. The second kappa shape index (κ2) is 6.57. The Balaban J connectivity index is 1.62. The van der Waals surface area contributed by atoms with Crippen LogP contribution in [0.4, 0.5) is 0 Å². The van der Waals surface area contributed by atoms with Crippen LogP contribution < -0.4 is 10.6 Å². The largest absolute Gasteiger partial charge is 0.508 e. The van der Waals surface area contributed by atoms with E-state index in [4.69, 9.17) is 0 Å². The Labute approximate surface area is 114 Å². The van der Waals surface area contributed by atoms with E-state index in [1.807, 2.05) is 12.1 Å². The molecular weight excluding hydrogens is 240 g/mol. The van der Waals surface area contributed by atoms with Crippen LogP contribution in [-0.2, 0) is 11.2 Å². The minimum absolute atomic E-state index is 0.145. The molecule has 4 heteroatoms. The Morgan fingerprint density at radius 2 is 2.05 bits per heavy atom. The van der Waals surface area contributed by atoms with E-state index in [-0.39, 0.29) is 5.91 Å². The minimum atomic E-state index is 0.145. The number of aromatic hydroxyl groups is 1. The molecule has 1 aromatic carbocycles. The lowest BCUT2D eigenvalue weighted by Gasteiger charge is -2.13. The fourth-order valence-electron chi connectivity index (χ4n) is 2.02. The van der Waals surface area contributed by atoms with Crippen LogP contribution in [0.25, 0.3) is 0 Å². The fourth-order valence-corrected chi connectivity index (χ4v) is 2.02. The van der Waals surface area contributed by atoms with Crippen molar-refractivity contribution in [2.75, 3.05) is 6.54 Å². The first-order valence-corrected chi connectivity index (χ1v) is 6.94. The third-order valence-electron chi connectivity index (χ3n) is 3.27. The van der Waals surface area contributed by atoms with Gasteiger partial charge in [-0.25, -0.2) is 0 Å². The number of carbonyl (C=O) groups excluding carboxylic acids is 1. The number of rotatable bonds is 7. The molecule has 104 valence electrons. The second-order valence-electron chi connectivity index (χ2n) is 5.32. The van der Waals surface area contributed by atoms with Gasteiger partial charge in [0.05, 0.1) is 0 Å². The van der Waals surface area contributed by atoms with Gasteiger partial charge in [0.25, 0.3) is 0 Å². The van der Waals surface area contributed by atoms with E-state index in [0.29, 0.717) is 30.8 Å². The summed E-state index contributed by atoms with van der Waals surface area (Å²) in [4.78, 5) is 11.5. The first-order chi connectivity index (χ1) is 9.13. The van der Waals surface area contributed by atoms with Crippen LogP contribution in [0.5, 0.6) is 5.75 Å². The van der Waals surface area contributed by atoms with Crippen LogP contribution in [0.15, 0.2) is 24.3 Å². The molecule has 0 bridgehead atoms. The molecule has 0 aromatic heterocycles. The van der Waals surface area contributed by atoms with Crippen LogP contribution in [0.3, 0.4) is 0 Å². The molecular formula is C15H22N2O2. The quantitative estimate of drug-likeness (QED) is 0.699. The molecule has 0 saturated heterocycles. The van der Waals surface area contributed by atoms with Gasteiger partial charge in [0, 0.05) is 25.0 Å². The molecule has 19 heavy (non-hydrogen) atoms. The van der Waals surface area contributed by atoms with Gasteiger partial charge in [-0.3, -0.25) is 4.79 Å². The van der Waals surface area contributed by atoms with Gasteiger partial charge in [-0.1, -0.05) is 12.1 Å². The number of amides is 1. The van der Waals surface area contributed by atoms with Crippen molar-refractivity contribution in [3.8, 4) is 5.75 Å². The molecule has 1 fully saturated rings. The summed E-state index contributed by atoms with van der Waals surface area (Å²) in [5.41, 5.74) is 1.18. The topological polar surface area (TPSA) is 61.4 Å². The van der Waals surface area contributed by atoms with Crippen molar-refractivity contribution in [1.29, 1.82) is 0 Å². The Morgan fingerprint density at radius 1 is 1.37 bits per heavy atom. The fraction of sp³-hybridized carbons (Fsp3) is 0.533. The summed E-state index contributed by atoms with van der Waals surface area (Å²) in [6.45, 7) is 2.81. The highest BCUT2D eigenvalue weighted by atomic mass is 16.3. The van der Waals surface area contributed by atoms with Gasteiger partial charge in [0.2, 0.25) is 5.91 Å². The van der Waals surface area contributed by atoms with Gasteiger partial charge >= 0.3 is 0 Å². The standard InChI is InChI=1S/C15H22N2O2/c1-11(10-12-2-6-14(18)7-3-12)16-9-8-15(19)17-13-4-5-13/h2-3,6-7,11,13,16,18H,4-5,8-10H2,1H3,(H,17,19). The molecule has 4 nitrogen and oxygen atoms in total. The molecule has 1 aliphatic rings. The van der Waals surface area contributed by atoms with Crippen LogP contribution in [-0.4, -0.2) is 29.6 Å². The van der Waals surface area contributed by atoms with Gasteiger partial charge < -0.3 is 15.7 Å². The maximum atomic E-state index is 11.5. The molecule has 3 N–H and O–H groups in total. The number of hydrogen-bond donors (Lipinski definition) is 3. The lowest BCUT2D eigenvalue weighted by Crippen LogP contribution is -2.33. The Morgan fingerprint density at radius 3 is 2.68 bits per heavy atom. The van der Waals surface area contributed by atoms with E-state index in [1.165, 1.54) is 5.56 Å². The average molecular weight is 262 g/mol. The number of nitrogens with one attached hydrogen (secondary N) is 2. The third-order valence-corrected chi connectivity index (χ3v) is 3.27. The lowest BCUT2D eigenvalue weighted by atomic mass is 10.1. The van der Waals surface area contributed by atoms with Crippen LogP contribution in [0.1, 0.15) is 31.7 Å². The molecule has 0 aliphatic heterocycles. The molecule has 1 amide bonds. The summed E-state index contributed by atoms with van der Waals surface area (Å²) in [5.74, 6) is 0.438. The van der Waals surface area contributed by atoms with Gasteiger partial charge in [-0.15, -0.1) is 0 Å². The third kappa shape index (κ3) is 5.30. The first-order valence-electron chi connectivity index (χ1n) is 6.94. The smallest absolute Gasteiger partial charge is 0.221 e. The molecule has 1 aromatic rings. The van der Waals surface area contributed by atoms with E-state index in [1.54, 1.807) is 12.1 Å². The summed E-state index contributed by atoms with van der Waals surface area (Å²) in [6, 6.07) is 8.01. The first kappa shape index (κ1) is 13.9. The zero-order valence-electron chi connectivity index (χ0n) is 11.4. The molecule has 1 unspecified atom stereocenters. The number of hydrogen-bond acceptors (Lipinski definition) is 3. The molecule has 1 saturated carbocycles. The van der Waals surface area contributed by atoms with Crippen molar-refractivity contribution >= 4 is 5.91 Å². The van der Waals surface area contributed by atoms with Gasteiger partial charge in [-0.2, -0.15) is 0 Å². The summed E-state index contributed by atoms with van der Waals surface area (Å²) < 4.78 is 0. The normalized spacial score (nSPS) is 16.1. The SMILES string of the molecule is CC(Cc1ccc(O)cc1)NCCC(=O)NC1CC1. The summed E-state index contributed by atoms with van der Waals surface area (Å²) in [5, 5.41) is 15.5. The lowest BCUT2D eigenvalue weighted by molar-refractivity contribution is -0.121. The van der Waals surface area contributed by atoms with Gasteiger partial charge in [0.15, 0.2) is 0 Å². The summed E-state index contributed by atoms with van der Waals surface area (Å²) in [7, 11) is 0. The Bertz CT molecular complexity index is 413. The zero-order valence-corrected chi connectivity index (χ0v) is 11.4. The number of carbonyl (C=O) groups is 1. The van der Waals surface area contributed by atoms with Crippen LogP contribution in [0, 0.1) is 0 Å². The van der Waals surface area contributed by atoms with Crippen molar-refractivity contribution < 1.29 is 9.90 Å². The summed E-state index contributed by atoms with van der Waals surface area (Å²) in [6.07, 6.45) is 3.70. The van der Waals surface area contributed by atoms with Crippen LogP contribution >= 0.6 is 0 Å². The Hall–Kier alpha value is -1.55. The monoisotopic (exact) mass is 262 g/mol. The zero-order chi connectivity index (χ0) is 13.7. The van der Waals surface area contributed by atoms with Gasteiger partial charge in [0.1, 0.15) is 5.75 Å². The highest BCUT2D eigenvalue weighted by Gasteiger charge is 2.22. The van der Waals surface area contributed by atoms with Crippen molar-refractivity contribution in [3.05, 3.63) is 29.8 Å². The number of benzene rings is 1. The molecule has 0 heterocycles. The highest BCUT2D eigenvalue weighted by Crippen LogP contribution is 2.18. The molecule has 2 rings (SSSR count). The van der Waals surface area contributed by atoms with Crippen molar-refractivity contribution in [1.82, 2.24) is 10.6 Å². The maximum absolute atomic E-state index is 11.5. The predicted molar refractivity (Wildman–Crippen MR) is 75.1 cm³/mol. The van der Waals surface area contributed by atoms with E-state index < -0.39 is 0 Å². The minimum Gasteiger partial charge on any atom is -0.508 e. The van der Waals surface area contributed by atoms with Crippen molar-refractivity contribution in [2.45, 2.75) is 44.7 Å². The number of phenols is 1. The number of phenolic OH excluding ortho intramolecular Hbond substituents is 1. The van der Waals surface area contributed by atoms with Crippen LogP contribution in [0.2, 0.25) is 0 Å². The van der Waals surface area contributed by atoms with Crippen molar-refractivity contribution in [2.24, 2.45) is 0 Å². The second-order valence-corrected chi connectivity index (χ2v) is 5.32.